The van der Waals surface area contributed by atoms with Crippen molar-refractivity contribution in [1.29, 1.82) is 0 Å². The molecule has 134 valence electrons. The van der Waals surface area contributed by atoms with Crippen molar-refractivity contribution in [1.82, 2.24) is 9.88 Å². The van der Waals surface area contributed by atoms with Gasteiger partial charge in [0.1, 0.15) is 6.61 Å². The zero-order chi connectivity index (χ0) is 18.2. The fraction of sp³-hybridized carbons (Fsp3) is 0.222. The summed E-state index contributed by atoms with van der Waals surface area (Å²) in [6.07, 6.45) is 4.87. The van der Waals surface area contributed by atoms with Crippen LogP contribution in [0.3, 0.4) is 0 Å². The van der Waals surface area contributed by atoms with Crippen molar-refractivity contribution in [3.05, 3.63) is 66.0 Å². The van der Waals surface area contributed by atoms with Gasteiger partial charge in [0.05, 0.1) is 19.4 Å². The van der Waals surface area contributed by atoms with Crippen LogP contribution in [-0.4, -0.2) is 45.9 Å². The van der Waals surface area contributed by atoms with Gasteiger partial charge in [-0.15, -0.1) is 0 Å². The summed E-state index contributed by atoms with van der Waals surface area (Å²) >= 11 is 0.876. The van der Waals surface area contributed by atoms with Crippen molar-refractivity contribution in [3.63, 3.8) is 0 Å². The first-order chi connectivity index (χ1) is 12.7. The highest BCUT2D eigenvalue weighted by molar-refractivity contribution is 8.15. The van der Waals surface area contributed by atoms with Crippen LogP contribution in [0.1, 0.15) is 11.1 Å². The number of rotatable bonds is 8. The molecule has 26 heavy (non-hydrogen) atoms. The zero-order valence-corrected chi connectivity index (χ0v) is 14.7. The second-order valence-electron chi connectivity index (χ2n) is 5.34. The number of imide groups is 1. The molecular formula is C18H17N3O4S. The Hall–Kier alpha value is -2.71. The summed E-state index contributed by atoms with van der Waals surface area (Å²) in [5.74, 6) is -0.343. The fourth-order valence-corrected chi connectivity index (χ4v) is 3.09. The fourth-order valence-electron chi connectivity index (χ4n) is 2.23. The van der Waals surface area contributed by atoms with Gasteiger partial charge in [-0.3, -0.25) is 19.5 Å². The summed E-state index contributed by atoms with van der Waals surface area (Å²) in [5.41, 5.74) is 0.924. The number of nitrogens with zero attached hydrogens (tertiary/aromatic N) is 3. The molecule has 3 rings (SSSR count). The van der Waals surface area contributed by atoms with Crippen LogP contribution < -0.4 is 0 Å². The largest absolute Gasteiger partial charge is 0.393 e. The van der Waals surface area contributed by atoms with E-state index in [0.717, 1.165) is 22.9 Å². The molecule has 8 heteroatoms. The highest BCUT2D eigenvalue weighted by atomic mass is 32.2. The molecule has 1 unspecified atom stereocenters. The van der Waals surface area contributed by atoms with E-state index >= 15 is 0 Å². The number of carbonyl (C=O) groups is 2. The lowest BCUT2D eigenvalue weighted by Gasteiger charge is -2.13. The van der Waals surface area contributed by atoms with Crippen molar-refractivity contribution in [2.75, 3.05) is 13.2 Å². The number of amides is 2. The van der Waals surface area contributed by atoms with Gasteiger partial charge in [-0.05, 0) is 35.0 Å². The minimum atomic E-state index is -0.834. The van der Waals surface area contributed by atoms with Crippen molar-refractivity contribution in [2.24, 2.45) is 5.16 Å². The molecule has 0 radical (unpaired) electrons. The highest BCUT2D eigenvalue weighted by Gasteiger charge is 2.40. The Morgan fingerprint density at radius 1 is 1.12 bits per heavy atom. The molecule has 2 heterocycles. The molecule has 1 aromatic carbocycles. The minimum absolute atomic E-state index is 0.156. The maximum absolute atomic E-state index is 12.3. The smallest absolute Gasteiger partial charge is 0.291 e. The number of hydrogen-bond donors (Lipinski definition) is 0. The number of hydrogen-bond acceptors (Lipinski definition) is 7. The lowest BCUT2D eigenvalue weighted by molar-refractivity contribution is -0.134. The number of thioether (sulfide) groups is 1. The Bertz CT molecular complexity index is 771. The van der Waals surface area contributed by atoms with E-state index in [-0.39, 0.29) is 30.9 Å². The van der Waals surface area contributed by atoms with Crippen molar-refractivity contribution in [3.8, 4) is 0 Å². The second-order valence-corrected chi connectivity index (χ2v) is 6.36. The van der Waals surface area contributed by atoms with Gasteiger partial charge in [0.15, 0.2) is 5.44 Å². The normalized spacial score (nSPS) is 17.2. The topological polar surface area (TPSA) is 81.1 Å². The molecule has 7 nitrogen and oxygen atoms in total. The van der Waals surface area contributed by atoms with Gasteiger partial charge < -0.3 is 9.57 Å². The summed E-state index contributed by atoms with van der Waals surface area (Å²) < 4.78 is 5.45. The molecule has 1 saturated heterocycles. The average Bonchev–Trinajstić information content (AvgIpc) is 2.94. The van der Waals surface area contributed by atoms with Gasteiger partial charge in [-0.25, -0.2) is 0 Å². The number of ether oxygens (including phenoxy) is 1. The van der Waals surface area contributed by atoms with Crippen molar-refractivity contribution < 1.29 is 19.2 Å². The highest BCUT2D eigenvalue weighted by Crippen LogP contribution is 2.29. The van der Waals surface area contributed by atoms with Gasteiger partial charge in [0, 0.05) is 12.4 Å². The molecule has 1 fully saturated rings. The van der Waals surface area contributed by atoms with Crippen molar-refractivity contribution in [2.45, 2.75) is 12.0 Å². The third-order valence-electron chi connectivity index (χ3n) is 3.51. The van der Waals surface area contributed by atoms with Crippen LogP contribution in [0.25, 0.3) is 0 Å². The van der Waals surface area contributed by atoms with E-state index in [1.807, 2.05) is 30.3 Å². The van der Waals surface area contributed by atoms with E-state index < -0.39 is 5.44 Å². The molecule has 1 aliphatic heterocycles. The van der Waals surface area contributed by atoms with E-state index in [0.29, 0.717) is 0 Å². The third kappa shape index (κ3) is 4.90. The summed E-state index contributed by atoms with van der Waals surface area (Å²) in [5, 5.41) is 3.50. The van der Waals surface area contributed by atoms with E-state index in [1.54, 1.807) is 30.7 Å². The van der Waals surface area contributed by atoms with E-state index in [9.17, 15) is 9.59 Å². The molecule has 0 aliphatic carbocycles. The quantitative estimate of drug-likeness (QED) is 0.403. The molecule has 2 amide bonds. The first kappa shape index (κ1) is 18.1. The molecular weight excluding hydrogens is 354 g/mol. The summed E-state index contributed by atoms with van der Waals surface area (Å²) in [4.78, 5) is 34.5. The molecule has 0 N–H and O–H groups in total. The number of aromatic nitrogens is 1. The molecule has 0 bridgehead atoms. The number of benzene rings is 1. The molecule has 1 aliphatic rings. The van der Waals surface area contributed by atoms with Crippen LogP contribution in [0.2, 0.25) is 0 Å². The van der Waals surface area contributed by atoms with Crippen LogP contribution in [0, 0.1) is 0 Å². The van der Waals surface area contributed by atoms with Crippen LogP contribution in [0.4, 0.5) is 4.79 Å². The second kappa shape index (κ2) is 9.12. The molecule has 1 aromatic heterocycles. The number of oxime groups is 1. The van der Waals surface area contributed by atoms with E-state index in [1.165, 1.54) is 4.90 Å². The minimum Gasteiger partial charge on any atom is -0.393 e. The summed E-state index contributed by atoms with van der Waals surface area (Å²) in [6.45, 7) is 0.584. The number of carbonyl (C=O) groups excluding carboxylic acids is 2. The van der Waals surface area contributed by atoms with Crippen molar-refractivity contribution >= 4 is 29.1 Å². The lowest BCUT2D eigenvalue weighted by Crippen LogP contribution is -2.32. The van der Waals surface area contributed by atoms with Gasteiger partial charge in [-0.1, -0.05) is 35.5 Å². The van der Waals surface area contributed by atoms with Gasteiger partial charge in [0.25, 0.3) is 11.1 Å². The Kier molecular flexibility index (Phi) is 6.34. The molecule has 0 spiro atoms. The van der Waals surface area contributed by atoms with Gasteiger partial charge in [-0.2, -0.15) is 0 Å². The molecule has 1 atom stereocenters. The van der Waals surface area contributed by atoms with Gasteiger partial charge >= 0.3 is 0 Å². The van der Waals surface area contributed by atoms with Crippen LogP contribution in [0.15, 0.2) is 60.0 Å². The standard InChI is InChI=1S/C18H17N3O4S/c22-16-17(24-10-11-25-20-12-14-6-8-19-9-7-14)26-18(23)21(16)13-15-4-2-1-3-5-15/h1-9,12,17H,10-11,13H2. The Morgan fingerprint density at radius 2 is 1.88 bits per heavy atom. The Balaban J connectivity index is 1.41. The van der Waals surface area contributed by atoms with Crippen LogP contribution in [-0.2, 0) is 20.9 Å². The predicted octanol–water partition coefficient (Wildman–Crippen LogP) is 2.67. The average molecular weight is 371 g/mol. The lowest BCUT2D eigenvalue weighted by atomic mass is 10.2. The zero-order valence-electron chi connectivity index (χ0n) is 13.9. The van der Waals surface area contributed by atoms with Gasteiger partial charge in [0.2, 0.25) is 0 Å². The maximum atomic E-state index is 12.3. The predicted molar refractivity (Wildman–Crippen MR) is 97.5 cm³/mol. The Labute approximate surface area is 155 Å². The monoisotopic (exact) mass is 371 g/mol. The first-order valence-corrected chi connectivity index (χ1v) is 8.85. The SMILES string of the molecule is O=C1SC(OCCON=Cc2ccncc2)C(=O)N1Cc1ccccc1. The first-order valence-electron chi connectivity index (χ1n) is 7.97. The molecule has 0 saturated carbocycles. The van der Waals surface area contributed by atoms with Crippen LogP contribution >= 0.6 is 11.8 Å². The van der Waals surface area contributed by atoms with Crippen LogP contribution in [0.5, 0.6) is 0 Å². The summed E-state index contributed by atoms with van der Waals surface area (Å²) in [7, 11) is 0. The number of pyridine rings is 1. The Morgan fingerprint density at radius 3 is 2.65 bits per heavy atom. The van der Waals surface area contributed by atoms with E-state index in [4.69, 9.17) is 9.57 Å². The maximum Gasteiger partial charge on any atom is 0.291 e. The third-order valence-corrected chi connectivity index (χ3v) is 4.48. The van der Waals surface area contributed by atoms with E-state index in [2.05, 4.69) is 10.1 Å². The summed E-state index contributed by atoms with van der Waals surface area (Å²) in [6, 6.07) is 12.9. The molecule has 2 aromatic rings.